The standard InChI is InChI=1S/C41H66N2/c1-9-11-13-15-32-19-34(24-36(22-32)42-38-17-30(3)26-40(5,6)28-38)21-35-20-33(16-14-12-10-2)23-37(25-35)43-39-18-31(4)27-41(7,8)29-39/h19-20,22-25,30-31,38-39,42-43H,9-18,21,26-29H2,1-8H3. The smallest absolute Gasteiger partial charge is 0.0347 e. The Morgan fingerprint density at radius 1 is 0.558 bits per heavy atom. The van der Waals surface area contributed by atoms with Crippen LogP contribution in [0.2, 0.25) is 0 Å². The van der Waals surface area contributed by atoms with Crippen LogP contribution in [-0.2, 0) is 19.3 Å². The van der Waals surface area contributed by atoms with E-state index in [2.05, 4.69) is 102 Å². The third kappa shape index (κ3) is 11.2. The Kier molecular flexibility index (Phi) is 12.1. The lowest BCUT2D eigenvalue weighted by atomic mass is 9.70. The van der Waals surface area contributed by atoms with Crippen LogP contribution in [0.15, 0.2) is 36.4 Å². The Morgan fingerprint density at radius 3 is 1.33 bits per heavy atom. The Labute approximate surface area is 266 Å². The van der Waals surface area contributed by atoms with Gasteiger partial charge in [-0.2, -0.15) is 0 Å². The molecule has 0 saturated heterocycles. The normalized spacial score (nSPS) is 24.9. The Bertz CT molecular complexity index is 1050. The van der Waals surface area contributed by atoms with Gasteiger partial charge in [0.25, 0.3) is 0 Å². The van der Waals surface area contributed by atoms with Gasteiger partial charge < -0.3 is 10.6 Å². The summed E-state index contributed by atoms with van der Waals surface area (Å²) in [5.41, 5.74) is 9.46. The van der Waals surface area contributed by atoms with Crippen molar-refractivity contribution in [1.82, 2.24) is 0 Å². The molecule has 4 atom stereocenters. The molecule has 2 aromatic rings. The number of aryl methyl sites for hydroxylation is 2. The second-order valence-electron chi connectivity index (χ2n) is 16.7. The summed E-state index contributed by atoms with van der Waals surface area (Å²) in [6.45, 7) is 19.3. The second-order valence-corrected chi connectivity index (χ2v) is 16.7. The van der Waals surface area contributed by atoms with Gasteiger partial charge in [-0.05, 0) is 140 Å². The number of unbranched alkanes of at least 4 members (excludes halogenated alkanes) is 4. The maximum atomic E-state index is 4.03. The van der Waals surface area contributed by atoms with Gasteiger partial charge >= 0.3 is 0 Å². The van der Waals surface area contributed by atoms with Crippen molar-refractivity contribution in [2.75, 3.05) is 10.6 Å². The van der Waals surface area contributed by atoms with E-state index in [-0.39, 0.29) is 0 Å². The van der Waals surface area contributed by atoms with Crippen molar-refractivity contribution in [2.24, 2.45) is 22.7 Å². The lowest BCUT2D eigenvalue weighted by Gasteiger charge is -2.39. The van der Waals surface area contributed by atoms with Gasteiger partial charge in [-0.25, -0.2) is 0 Å². The molecule has 0 heterocycles. The molecule has 0 radical (unpaired) electrons. The lowest BCUT2D eigenvalue weighted by molar-refractivity contribution is 0.177. The first kappa shape index (κ1) is 33.9. The molecular formula is C41H66N2. The van der Waals surface area contributed by atoms with Crippen LogP contribution < -0.4 is 10.6 Å². The highest BCUT2D eigenvalue weighted by molar-refractivity contribution is 5.54. The minimum atomic E-state index is 0.420. The van der Waals surface area contributed by atoms with Gasteiger partial charge in [-0.15, -0.1) is 0 Å². The average Bonchev–Trinajstić information content (AvgIpc) is 2.86. The van der Waals surface area contributed by atoms with Gasteiger partial charge in [0.15, 0.2) is 0 Å². The second kappa shape index (κ2) is 15.4. The molecule has 2 aliphatic rings. The van der Waals surface area contributed by atoms with Gasteiger partial charge in [-0.3, -0.25) is 0 Å². The van der Waals surface area contributed by atoms with Gasteiger partial charge in [0.05, 0.1) is 0 Å². The van der Waals surface area contributed by atoms with Gasteiger partial charge in [-0.1, -0.05) is 93.2 Å². The number of benzene rings is 2. The van der Waals surface area contributed by atoms with E-state index in [4.69, 9.17) is 0 Å². The van der Waals surface area contributed by atoms with Crippen molar-refractivity contribution in [3.05, 3.63) is 58.7 Å². The Balaban J connectivity index is 1.58. The van der Waals surface area contributed by atoms with Crippen molar-refractivity contribution in [1.29, 1.82) is 0 Å². The molecule has 0 spiro atoms. The zero-order valence-electron chi connectivity index (χ0n) is 29.4. The van der Waals surface area contributed by atoms with Crippen LogP contribution in [0.3, 0.4) is 0 Å². The molecule has 240 valence electrons. The topological polar surface area (TPSA) is 24.1 Å². The summed E-state index contributed by atoms with van der Waals surface area (Å²) in [5.74, 6) is 1.57. The van der Waals surface area contributed by atoms with E-state index in [1.165, 1.54) is 124 Å². The highest BCUT2D eigenvalue weighted by atomic mass is 14.9. The summed E-state index contributed by atoms with van der Waals surface area (Å²) < 4.78 is 0. The molecule has 0 bridgehead atoms. The van der Waals surface area contributed by atoms with Crippen molar-refractivity contribution in [2.45, 2.75) is 164 Å². The summed E-state index contributed by atoms with van der Waals surface area (Å²) in [6, 6.07) is 16.0. The molecule has 0 aliphatic heterocycles. The van der Waals surface area contributed by atoms with Crippen LogP contribution >= 0.6 is 0 Å². The number of anilines is 2. The number of rotatable bonds is 14. The van der Waals surface area contributed by atoms with Crippen molar-refractivity contribution >= 4 is 11.4 Å². The molecule has 2 nitrogen and oxygen atoms in total. The van der Waals surface area contributed by atoms with Crippen LogP contribution in [0.25, 0.3) is 0 Å². The third-order valence-corrected chi connectivity index (χ3v) is 10.2. The van der Waals surface area contributed by atoms with Crippen molar-refractivity contribution in [3.63, 3.8) is 0 Å². The van der Waals surface area contributed by atoms with E-state index in [9.17, 15) is 0 Å². The van der Waals surface area contributed by atoms with Crippen LogP contribution in [0.5, 0.6) is 0 Å². The Hall–Kier alpha value is -1.96. The van der Waals surface area contributed by atoms with Crippen LogP contribution in [0, 0.1) is 22.7 Å². The number of nitrogens with one attached hydrogen (secondary N) is 2. The first-order valence-corrected chi connectivity index (χ1v) is 18.2. The molecule has 2 saturated carbocycles. The zero-order chi connectivity index (χ0) is 31.0. The minimum absolute atomic E-state index is 0.420. The predicted molar refractivity (Wildman–Crippen MR) is 191 cm³/mol. The molecule has 0 amide bonds. The molecule has 2 fully saturated rings. The summed E-state index contributed by atoms with van der Waals surface area (Å²) in [4.78, 5) is 0. The summed E-state index contributed by atoms with van der Waals surface area (Å²) >= 11 is 0. The first-order valence-electron chi connectivity index (χ1n) is 18.2. The quantitative estimate of drug-likeness (QED) is 0.215. The fourth-order valence-corrected chi connectivity index (χ4v) is 8.96. The van der Waals surface area contributed by atoms with E-state index in [1.807, 2.05) is 0 Å². The lowest BCUT2D eigenvalue weighted by Crippen LogP contribution is -2.35. The van der Waals surface area contributed by atoms with Crippen LogP contribution in [0.4, 0.5) is 11.4 Å². The maximum absolute atomic E-state index is 4.03. The summed E-state index contributed by atoms with van der Waals surface area (Å²) in [6.07, 6.45) is 18.9. The van der Waals surface area contributed by atoms with Crippen LogP contribution in [0.1, 0.15) is 155 Å². The molecule has 2 heteroatoms. The predicted octanol–water partition coefficient (Wildman–Crippen LogP) is 12.0. The average molecular weight is 587 g/mol. The van der Waals surface area contributed by atoms with Crippen molar-refractivity contribution in [3.8, 4) is 0 Å². The zero-order valence-corrected chi connectivity index (χ0v) is 29.4. The minimum Gasteiger partial charge on any atom is -0.382 e. The Morgan fingerprint density at radius 2 is 0.953 bits per heavy atom. The molecule has 4 rings (SSSR count). The molecule has 4 unspecified atom stereocenters. The largest absolute Gasteiger partial charge is 0.382 e. The van der Waals surface area contributed by atoms with E-state index in [0.717, 1.165) is 18.3 Å². The van der Waals surface area contributed by atoms with E-state index in [0.29, 0.717) is 22.9 Å². The van der Waals surface area contributed by atoms with Gasteiger partial charge in [0.2, 0.25) is 0 Å². The molecular weight excluding hydrogens is 520 g/mol. The maximum Gasteiger partial charge on any atom is 0.0347 e. The molecule has 0 aromatic heterocycles. The van der Waals surface area contributed by atoms with Crippen molar-refractivity contribution < 1.29 is 0 Å². The third-order valence-electron chi connectivity index (χ3n) is 10.2. The monoisotopic (exact) mass is 587 g/mol. The van der Waals surface area contributed by atoms with Crippen LogP contribution in [-0.4, -0.2) is 12.1 Å². The SMILES string of the molecule is CCCCCc1cc(Cc2cc(CCCCC)cc(NC3CC(C)CC(C)(C)C3)c2)cc(NC2CC(C)CC(C)(C)C2)c1. The van der Waals surface area contributed by atoms with Gasteiger partial charge in [0.1, 0.15) is 0 Å². The highest BCUT2D eigenvalue weighted by Gasteiger charge is 2.33. The van der Waals surface area contributed by atoms with Gasteiger partial charge in [0, 0.05) is 23.5 Å². The van der Waals surface area contributed by atoms with E-state index >= 15 is 0 Å². The highest BCUT2D eigenvalue weighted by Crippen LogP contribution is 2.41. The summed E-state index contributed by atoms with van der Waals surface area (Å²) in [5, 5.41) is 8.07. The fourth-order valence-electron chi connectivity index (χ4n) is 8.96. The number of hydrogen-bond acceptors (Lipinski definition) is 2. The fraction of sp³-hybridized carbons (Fsp3) is 0.707. The van der Waals surface area contributed by atoms with E-state index < -0.39 is 0 Å². The molecule has 2 N–H and O–H groups in total. The molecule has 43 heavy (non-hydrogen) atoms. The molecule has 2 aliphatic carbocycles. The van der Waals surface area contributed by atoms with E-state index in [1.54, 1.807) is 0 Å². The molecule has 2 aromatic carbocycles. The number of hydrogen-bond donors (Lipinski definition) is 2. The first-order chi connectivity index (χ1) is 20.4. The summed E-state index contributed by atoms with van der Waals surface area (Å²) in [7, 11) is 0.